The van der Waals surface area contributed by atoms with E-state index in [1.807, 2.05) is 37.3 Å². The minimum absolute atomic E-state index is 0.0529. The molecule has 15 nitrogen and oxygen atoms in total. The second-order valence-electron chi connectivity index (χ2n) is 14.5. The zero-order valence-corrected chi connectivity index (χ0v) is 37.7. The molecule has 0 spiro atoms. The Bertz CT molecular complexity index is 1390. The highest BCUT2D eigenvalue weighted by Gasteiger charge is 2.28. The van der Waals surface area contributed by atoms with Gasteiger partial charge in [0.1, 0.15) is 12.7 Å². The van der Waals surface area contributed by atoms with Crippen LogP contribution >= 0.6 is 15.6 Å². The van der Waals surface area contributed by atoms with Gasteiger partial charge < -0.3 is 39.5 Å². The zero-order chi connectivity index (χ0) is 44.9. The number of carbonyl (C=O) groups is 2. The van der Waals surface area contributed by atoms with Crippen LogP contribution in [0, 0.1) is 5.92 Å². The molecule has 0 heterocycles. The third-order valence-corrected chi connectivity index (χ3v) is 10.3. The average Bonchev–Trinajstić information content (AvgIpc) is 3.19. The molecule has 0 fully saturated rings. The van der Waals surface area contributed by atoms with Gasteiger partial charge in [-0.3, -0.25) is 23.2 Å². The van der Waals surface area contributed by atoms with Crippen molar-refractivity contribution in [3.63, 3.8) is 0 Å². The van der Waals surface area contributed by atoms with Crippen LogP contribution in [-0.4, -0.2) is 92.8 Å². The van der Waals surface area contributed by atoms with Crippen LogP contribution in [0.25, 0.3) is 0 Å². The van der Waals surface area contributed by atoms with E-state index in [9.17, 15) is 38.9 Å². The number of hydrogen-bond acceptors (Lipinski definition) is 12. The van der Waals surface area contributed by atoms with Crippen molar-refractivity contribution in [2.24, 2.45) is 5.92 Å². The van der Waals surface area contributed by atoms with Crippen molar-refractivity contribution in [3.05, 3.63) is 72.9 Å². The van der Waals surface area contributed by atoms with Gasteiger partial charge in [0.15, 0.2) is 6.10 Å². The molecular weight excluding hydrogens is 818 g/mol. The van der Waals surface area contributed by atoms with Crippen LogP contribution in [0.3, 0.4) is 0 Å². The van der Waals surface area contributed by atoms with Crippen LogP contribution in [-0.2, 0) is 41.8 Å². The minimum Gasteiger partial charge on any atom is -0.462 e. The summed E-state index contributed by atoms with van der Waals surface area (Å²) in [4.78, 5) is 52.6. The molecule has 60 heavy (non-hydrogen) atoms. The lowest BCUT2D eigenvalue weighted by Gasteiger charge is -2.20. The fraction of sp³-hybridized carbons (Fsp3) is 0.674. The molecule has 0 aliphatic heterocycles. The van der Waals surface area contributed by atoms with Gasteiger partial charge in [0.2, 0.25) is 0 Å². The third-order valence-electron chi connectivity index (χ3n) is 8.82. The topological polar surface area (TPSA) is 236 Å². The van der Waals surface area contributed by atoms with E-state index < -0.39 is 78.4 Å². The number of unbranched alkanes of at least 4 members (excludes halogenated alkanes) is 7. The van der Waals surface area contributed by atoms with Gasteiger partial charge in [-0.05, 0) is 44.4 Å². The molecular formula is C43H74O15P2. The predicted molar refractivity (Wildman–Crippen MR) is 232 cm³/mol. The molecule has 0 aromatic rings. The van der Waals surface area contributed by atoms with Crippen LogP contribution in [0.15, 0.2) is 72.9 Å². The number of phosphoric ester groups is 2. The summed E-state index contributed by atoms with van der Waals surface area (Å²) in [5.74, 6) is -0.427. The first kappa shape index (κ1) is 57.5. The van der Waals surface area contributed by atoms with Crippen LogP contribution in [0.4, 0.5) is 0 Å². The maximum Gasteiger partial charge on any atom is 0.472 e. The van der Waals surface area contributed by atoms with Crippen LogP contribution in [0.2, 0.25) is 0 Å². The number of esters is 2. The number of ether oxygens (including phenoxy) is 2. The van der Waals surface area contributed by atoms with Crippen molar-refractivity contribution >= 4 is 27.6 Å². The van der Waals surface area contributed by atoms with Gasteiger partial charge in [0, 0.05) is 12.8 Å². The standard InChI is InChI=1S/C43H74O15P2/c1-4-6-19-27-38(44)29-22-17-18-23-30-39(45)28-21-14-11-12-16-25-32-43(48)58-41(36-57-60(52,53)56-34-40(46)33-55-59(49,50)51)35-54-42(47)31-24-15-10-8-7-9-13-20-26-37(3)5-2/h6,12,14,16-19,21-23,29-30,37-41,44-46H,4-5,7-11,13,15,20,24-28,31-36H2,1-3H3,(H,52,53)(H2,49,50,51)/b16-12-,18-17-,19-6-,21-14-,29-22+,30-23+/t37?,38-,39+,40-,41+/m0/s1. The number of aliphatic hydroxyl groups excluding tert-OH is 3. The first-order chi connectivity index (χ1) is 28.6. The molecule has 346 valence electrons. The maximum atomic E-state index is 12.6. The largest absolute Gasteiger partial charge is 0.472 e. The number of allylic oxidation sites excluding steroid dienone is 8. The molecule has 6 atom stereocenters. The Labute approximate surface area is 358 Å². The average molecular weight is 893 g/mol. The molecule has 17 heteroatoms. The third kappa shape index (κ3) is 39.6. The van der Waals surface area contributed by atoms with Crippen LogP contribution < -0.4 is 0 Å². The Kier molecular flexibility index (Phi) is 35.5. The Hall–Kier alpha value is -2.52. The summed E-state index contributed by atoms with van der Waals surface area (Å²) in [5, 5.41) is 29.7. The Morgan fingerprint density at radius 1 is 0.617 bits per heavy atom. The number of hydrogen-bond donors (Lipinski definition) is 6. The summed E-state index contributed by atoms with van der Waals surface area (Å²) in [5.41, 5.74) is 0. The highest BCUT2D eigenvalue weighted by molar-refractivity contribution is 7.47. The quantitative estimate of drug-likeness (QED) is 0.0112. The summed E-state index contributed by atoms with van der Waals surface area (Å²) >= 11 is 0. The highest BCUT2D eigenvalue weighted by Crippen LogP contribution is 2.43. The SMILES string of the molecule is CC/C=C\C[C@H](O)/C=C/C=C\C=C\[C@H](O)C/C=C\C/C=C\CCC(=O)O[C@H](COC(=O)CCCCCCCCCCC(C)CC)COP(=O)(O)OC[C@@H](O)COP(=O)(O)O. The molecule has 2 unspecified atom stereocenters. The molecule has 0 aromatic heterocycles. The summed E-state index contributed by atoms with van der Waals surface area (Å²) in [6.07, 6.45) is 31.3. The fourth-order valence-electron chi connectivity index (χ4n) is 5.17. The lowest BCUT2D eigenvalue weighted by atomic mass is 9.99. The molecule has 0 aromatic carbocycles. The van der Waals surface area contributed by atoms with E-state index in [1.165, 1.54) is 32.1 Å². The van der Waals surface area contributed by atoms with E-state index in [4.69, 9.17) is 23.8 Å². The van der Waals surface area contributed by atoms with Crippen molar-refractivity contribution in [1.29, 1.82) is 0 Å². The van der Waals surface area contributed by atoms with Gasteiger partial charge in [-0.15, -0.1) is 0 Å². The molecule has 0 aliphatic rings. The number of aliphatic hydroxyl groups is 3. The summed E-state index contributed by atoms with van der Waals surface area (Å²) in [7, 11) is -9.74. The summed E-state index contributed by atoms with van der Waals surface area (Å²) in [6.45, 7) is 3.64. The molecule has 0 rings (SSSR count). The van der Waals surface area contributed by atoms with E-state index in [2.05, 4.69) is 22.9 Å². The van der Waals surface area contributed by atoms with E-state index in [-0.39, 0.29) is 12.8 Å². The Balaban J connectivity index is 4.79. The Morgan fingerprint density at radius 3 is 1.77 bits per heavy atom. The number of rotatable bonds is 38. The van der Waals surface area contributed by atoms with Crippen molar-refractivity contribution < 1.29 is 71.8 Å². The van der Waals surface area contributed by atoms with Crippen molar-refractivity contribution in [1.82, 2.24) is 0 Å². The van der Waals surface area contributed by atoms with Gasteiger partial charge in [-0.1, -0.05) is 151 Å². The van der Waals surface area contributed by atoms with Gasteiger partial charge in [0.05, 0.1) is 32.0 Å². The first-order valence-corrected chi connectivity index (χ1v) is 24.3. The monoisotopic (exact) mass is 892 g/mol. The first-order valence-electron chi connectivity index (χ1n) is 21.2. The van der Waals surface area contributed by atoms with Gasteiger partial charge in [-0.25, -0.2) is 9.13 Å². The van der Waals surface area contributed by atoms with E-state index in [0.717, 1.165) is 38.0 Å². The van der Waals surface area contributed by atoms with Gasteiger partial charge in [-0.2, -0.15) is 0 Å². The van der Waals surface area contributed by atoms with Crippen LogP contribution in [0.5, 0.6) is 0 Å². The fourth-order valence-corrected chi connectivity index (χ4v) is 6.33. The summed E-state index contributed by atoms with van der Waals surface area (Å²) in [6, 6.07) is 0. The van der Waals surface area contributed by atoms with Gasteiger partial charge >= 0.3 is 27.6 Å². The molecule has 0 amide bonds. The van der Waals surface area contributed by atoms with Crippen molar-refractivity contribution in [2.75, 3.05) is 26.4 Å². The van der Waals surface area contributed by atoms with Crippen molar-refractivity contribution in [3.8, 4) is 0 Å². The van der Waals surface area contributed by atoms with E-state index in [1.54, 1.807) is 42.5 Å². The van der Waals surface area contributed by atoms with Gasteiger partial charge in [0.25, 0.3) is 0 Å². The smallest absolute Gasteiger partial charge is 0.462 e. The Morgan fingerprint density at radius 2 is 1.17 bits per heavy atom. The number of carbonyl (C=O) groups excluding carboxylic acids is 2. The zero-order valence-electron chi connectivity index (χ0n) is 35.9. The minimum atomic E-state index is -4.89. The molecule has 0 saturated carbocycles. The highest BCUT2D eigenvalue weighted by atomic mass is 31.2. The molecule has 6 N–H and O–H groups in total. The maximum absolute atomic E-state index is 12.6. The van der Waals surface area contributed by atoms with E-state index >= 15 is 0 Å². The lowest BCUT2D eigenvalue weighted by Crippen LogP contribution is -2.29. The molecule has 0 bridgehead atoms. The van der Waals surface area contributed by atoms with Crippen LogP contribution in [0.1, 0.15) is 130 Å². The lowest BCUT2D eigenvalue weighted by molar-refractivity contribution is -0.161. The second kappa shape index (κ2) is 37.1. The molecule has 0 aliphatic carbocycles. The molecule has 0 saturated heterocycles. The number of phosphoric acid groups is 2. The summed E-state index contributed by atoms with van der Waals surface area (Å²) < 4.78 is 47.6. The molecule has 0 radical (unpaired) electrons. The second-order valence-corrected chi connectivity index (χ2v) is 17.2. The van der Waals surface area contributed by atoms with E-state index in [0.29, 0.717) is 32.1 Å². The normalized spacial score (nSPS) is 16.4. The van der Waals surface area contributed by atoms with Crippen molar-refractivity contribution in [2.45, 2.75) is 154 Å². The predicted octanol–water partition coefficient (Wildman–Crippen LogP) is 8.41.